The van der Waals surface area contributed by atoms with E-state index >= 15 is 0 Å². The van der Waals surface area contributed by atoms with Gasteiger partial charge in [-0.15, -0.1) is 0 Å². The Bertz CT molecular complexity index is 271. The average molecular weight is 205 g/mol. The second-order valence-electron chi connectivity index (χ2n) is 2.23. The molecule has 1 N–H and O–H groups in total. The highest BCUT2D eigenvalue weighted by Gasteiger charge is 2.01. The molecule has 66 valence electrons. The van der Waals surface area contributed by atoms with E-state index in [-0.39, 0.29) is 12.4 Å². The van der Waals surface area contributed by atoms with Gasteiger partial charge in [0.2, 0.25) is 0 Å². The zero-order chi connectivity index (χ0) is 8.97. The van der Waals surface area contributed by atoms with Gasteiger partial charge in [0.25, 0.3) is 0 Å². The lowest BCUT2D eigenvalue weighted by molar-refractivity contribution is 0.321. The number of aliphatic hydroxyl groups excluding tert-OH is 1. The predicted octanol–water partition coefficient (Wildman–Crippen LogP) is 1.44. The van der Waals surface area contributed by atoms with Crippen LogP contribution in [0.2, 0.25) is 5.02 Å². The van der Waals surface area contributed by atoms with E-state index in [4.69, 9.17) is 16.7 Å². The van der Waals surface area contributed by atoms with E-state index in [1.54, 1.807) is 24.3 Å². The molecule has 0 aliphatic carbocycles. The smallest absolute Gasteiger partial charge is 0.0552 e. The zero-order valence-corrected chi connectivity index (χ0v) is 7.94. The van der Waals surface area contributed by atoms with Crippen molar-refractivity contribution in [1.82, 2.24) is 0 Å². The van der Waals surface area contributed by atoms with E-state index in [1.165, 1.54) is 0 Å². The van der Waals surface area contributed by atoms with Crippen LogP contribution in [0.25, 0.3) is 0 Å². The fourth-order valence-corrected chi connectivity index (χ4v) is 1.75. The van der Waals surface area contributed by atoms with Crippen molar-refractivity contribution in [3.63, 3.8) is 0 Å². The first kappa shape index (κ1) is 9.71. The molecule has 2 nitrogen and oxygen atoms in total. The molecule has 4 heteroatoms. The second-order valence-corrected chi connectivity index (χ2v) is 4.23. The minimum Gasteiger partial charge on any atom is -0.395 e. The molecule has 0 amide bonds. The monoisotopic (exact) mass is 204 g/mol. The maximum atomic E-state index is 11.3. The molecule has 1 rings (SSSR count). The molecule has 0 unspecified atom stereocenters. The molecule has 0 heterocycles. The van der Waals surface area contributed by atoms with Crippen LogP contribution >= 0.6 is 11.6 Å². The van der Waals surface area contributed by atoms with Crippen molar-refractivity contribution in [3.8, 4) is 0 Å². The van der Waals surface area contributed by atoms with E-state index in [0.717, 1.165) is 0 Å². The summed E-state index contributed by atoms with van der Waals surface area (Å²) in [6.07, 6.45) is 0. The SMILES string of the molecule is O=[S@@](CCO)c1ccc(Cl)cc1. The zero-order valence-electron chi connectivity index (χ0n) is 6.37. The number of hydrogen-bond donors (Lipinski definition) is 1. The summed E-state index contributed by atoms with van der Waals surface area (Å²) in [4.78, 5) is 0.702. The minimum absolute atomic E-state index is 0.0603. The summed E-state index contributed by atoms with van der Waals surface area (Å²) in [7, 11) is -1.10. The normalized spacial score (nSPS) is 12.8. The van der Waals surface area contributed by atoms with Gasteiger partial charge in [0, 0.05) is 9.92 Å². The highest BCUT2D eigenvalue weighted by atomic mass is 35.5. The van der Waals surface area contributed by atoms with Gasteiger partial charge in [-0.25, -0.2) is 0 Å². The van der Waals surface area contributed by atoms with Crippen molar-refractivity contribution in [2.24, 2.45) is 0 Å². The lowest BCUT2D eigenvalue weighted by Crippen LogP contribution is -2.01. The molecule has 0 saturated carbocycles. The first-order valence-electron chi connectivity index (χ1n) is 3.49. The van der Waals surface area contributed by atoms with E-state index < -0.39 is 10.8 Å². The van der Waals surface area contributed by atoms with Crippen LogP contribution in [0.1, 0.15) is 0 Å². The fourth-order valence-electron chi connectivity index (χ4n) is 0.787. The van der Waals surface area contributed by atoms with Gasteiger partial charge >= 0.3 is 0 Å². The third-order valence-corrected chi connectivity index (χ3v) is 2.96. The van der Waals surface area contributed by atoms with Gasteiger partial charge in [-0.1, -0.05) is 11.6 Å². The topological polar surface area (TPSA) is 37.3 Å². The molecule has 0 bridgehead atoms. The lowest BCUT2D eigenvalue weighted by Gasteiger charge is -1.98. The second kappa shape index (κ2) is 4.60. The van der Waals surface area contributed by atoms with Crippen molar-refractivity contribution >= 4 is 22.4 Å². The van der Waals surface area contributed by atoms with Crippen LogP contribution in [0.15, 0.2) is 29.2 Å². The summed E-state index contributed by atoms with van der Waals surface area (Å²) in [5, 5.41) is 9.16. The number of benzene rings is 1. The molecule has 1 aromatic rings. The molecular formula is C8H9ClO2S. The van der Waals surface area contributed by atoms with Crippen molar-refractivity contribution in [2.75, 3.05) is 12.4 Å². The molecule has 1 atom stereocenters. The van der Waals surface area contributed by atoms with Crippen LogP contribution < -0.4 is 0 Å². The molecule has 0 aromatic heterocycles. The Kier molecular flexibility index (Phi) is 3.72. The van der Waals surface area contributed by atoms with Crippen LogP contribution in [0.5, 0.6) is 0 Å². The van der Waals surface area contributed by atoms with E-state index in [9.17, 15) is 4.21 Å². The van der Waals surface area contributed by atoms with Crippen LogP contribution in [0, 0.1) is 0 Å². The Morgan fingerprint density at radius 1 is 1.33 bits per heavy atom. The molecule has 12 heavy (non-hydrogen) atoms. The summed E-state index contributed by atoms with van der Waals surface area (Å²) < 4.78 is 11.3. The number of rotatable bonds is 3. The maximum Gasteiger partial charge on any atom is 0.0552 e. The molecule has 0 fully saturated rings. The Morgan fingerprint density at radius 2 is 1.92 bits per heavy atom. The van der Waals surface area contributed by atoms with Crippen LogP contribution in [0.3, 0.4) is 0 Å². The first-order valence-corrected chi connectivity index (χ1v) is 5.18. The van der Waals surface area contributed by atoms with Crippen LogP contribution in [-0.4, -0.2) is 21.7 Å². The van der Waals surface area contributed by atoms with Crippen molar-refractivity contribution in [3.05, 3.63) is 29.3 Å². The maximum absolute atomic E-state index is 11.3. The van der Waals surface area contributed by atoms with Gasteiger partial charge in [-0.2, -0.15) is 0 Å². The largest absolute Gasteiger partial charge is 0.395 e. The summed E-state index contributed by atoms with van der Waals surface area (Å²) >= 11 is 5.65. The summed E-state index contributed by atoms with van der Waals surface area (Å²) in [6.45, 7) is -0.0603. The van der Waals surface area contributed by atoms with E-state index in [0.29, 0.717) is 9.92 Å². The van der Waals surface area contributed by atoms with Crippen LogP contribution in [-0.2, 0) is 10.8 Å². The Hall–Kier alpha value is -0.380. The Morgan fingerprint density at radius 3 is 2.42 bits per heavy atom. The average Bonchev–Trinajstić information content (AvgIpc) is 2.06. The quantitative estimate of drug-likeness (QED) is 0.809. The van der Waals surface area contributed by atoms with Crippen LogP contribution in [0.4, 0.5) is 0 Å². The third kappa shape index (κ3) is 2.59. The highest BCUT2D eigenvalue weighted by molar-refractivity contribution is 7.85. The van der Waals surface area contributed by atoms with Crippen molar-refractivity contribution < 1.29 is 9.32 Å². The van der Waals surface area contributed by atoms with Crippen molar-refractivity contribution in [1.29, 1.82) is 0 Å². The molecule has 0 spiro atoms. The number of hydrogen-bond acceptors (Lipinski definition) is 2. The standard InChI is InChI=1S/C8H9ClO2S/c9-7-1-3-8(4-2-7)12(11)6-5-10/h1-4,10H,5-6H2/t12-/m0/s1. The van der Waals surface area contributed by atoms with Gasteiger partial charge in [0.05, 0.1) is 23.2 Å². The predicted molar refractivity (Wildman–Crippen MR) is 49.8 cm³/mol. The van der Waals surface area contributed by atoms with Gasteiger partial charge in [-0.3, -0.25) is 4.21 Å². The van der Waals surface area contributed by atoms with E-state index in [2.05, 4.69) is 0 Å². The van der Waals surface area contributed by atoms with Gasteiger partial charge in [0.15, 0.2) is 0 Å². The lowest BCUT2D eigenvalue weighted by atomic mass is 10.4. The number of halogens is 1. The third-order valence-electron chi connectivity index (χ3n) is 1.35. The highest BCUT2D eigenvalue weighted by Crippen LogP contribution is 2.12. The molecule has 0 aliphatic heterocycles. The molecule has 0 radical (unpaired) electrons. The molecule has 0 saturated heterocycles. The minimum atomic E-state index is -1.10. The molecule has 1 aromatic carbocycles. The molecular weight excluding hydrogens is 196 g/mol. The fraction of sp³-hybridized carbons (Fsp3) is 0.250. The summed E-state index contributed by atoms with van der Waals surface area (Å²) in [5.41, 5.74) is 0. The Labute approximate surface area is 78.6 Å². The van der Waals surface area contributed by atoms with Gasteiger partial charge in [-0.05, 0) is 24.3 Å². The van der Waals surface area contributed by atoms with Gasteiger partial charge < -0.3 is 5.11 Å². The summed E-state index contributed by atoms with van der Waals surface area (Å²) in [5.74, 6) is 0.279. The molecule has 0 aliphatic rings. The first-order chi connectivity index (χ1) is 5.74. The van der Waals surface area contributed by atoms with E-state index in [1.807, 2.05) is 0 Å². The number of aliphatic hydroxyl groups is 1. The summed E-state index contributed by atoms with van der Waals surface area (Å²) in [6, 6.07) is 6.78. The Balaban J connectivity index is 2.75. The van der Waals surface area contributed by atoms with Crippen molar-refractivity contribution in [2.45, 2.75) is 4.90 Å². The van der Waals surface area contributed by atoms with Gasteiger partial charge in [0.1, 0.15) is 0 Å².